The van der Waals surface area contributed by atoms with Crippen molar-refractivity contribution < 1.29 is 273 Å². The van der Waals surface area contributed by atoms with Gasteiger partial charge in [-0.15, -0.1) is 0 Å². The van der Waals surface area contributed by atoms with Gasteiger partial charge in [-0.25, -0.2) is 29.9 Å². The normalized spacial score (nSPS) is 7.82. The maximum absolute atomic E-state index is 10.2. The first kappa shape index (κ1) is 149. The van der Waals surface area contributed by atoms with Gasteiger partial charge in [0.05, 0.1) is 140 Å². The molecule has 6 aromatic rings. The summed E-state index contributed by atoms with van der Waals surface area (Å²) in [7, 11) is 0. The molecule has 42 N–H and O–H groups in total. The Morgan fingerprint density at radius 2 is 0.239 bits per heavy atom. The summed E-state index contributed by atoms with van der Waals surface area (Å²) in [5.41, 5.74) is 53.8. The van der Waals surface area contributed by atoms with E-state index in [9.17, 15) is 119 Å². The molecule has 0 bridgehead atoms. The Hall–Kier alpha value is -8.90. The summed E-state index contributed by atoms with van der Waals surface area (Å²) in [6.07, 6.45) is 0. The molecular weight excluding hydrogens is 1820 g/mol. The van der Waals surface area contributed by atoms with Crippen LogP contribution < -0.4 is 130 Å². The van der Waals surface area contributed by atoms with Gasteiger partial charge in [0, 0.05) is 78.5 Å². The molecule has 6 aromatic heterocycles. The van der Waals surface area contributed by atoms with Crippen LogP contribution in [-0.2, 0) is 33.6 Å². The number of nitrogens with zero attached hydrogens (tertiary/aromatic N) is 6. The topological polar surface area (TPSA) is 1150 Å². The summed E-state index contributed by atoms with van der Waals surface area (Å²) in [5, 5.41) is 122. The van der Waals surface area contributed by atoms with Crippen molar-refractivity contribution in [3.63, 3.8) is 0 Å². The van der Waals surface area contributed by atoms with Crippen molar-refractivity contribution in [3.8, 4) is 0 Å². The zero-order valence-electron chi connectivity index (χ0n) is 56.6. The number of carboxylic acid groups (broad SMARTS) is 12. The molecule has 0 fully saturated rings. The van der Waals surface area contributed by atoms with Crippen LogP contribution >= 0.6 is 0 Å². The molecule has 0 amide bonds. The van der Waals surface area contributed by atoms with Gasteiger partial charge in [0.1, 0.15) is 0 Å². The first-order valence-electron chi connectivity index (χ1n) is 25.9. The van der Waals surface area contributed by atoms with E-state index in [1.165, 1.54) is 36.4 Å². The van der Waals surface area contributed by atoms with Crippen LogP contribution in [0.15, 0.2) is 109 Å². The predicted octanol–water partition coefficient (Wildman–Crippen LogP) is -27.2. The van der Waals surface area contributed by atoms with Gasteiger partial charge in [-0.1, -0.05) is 36.4 Å². The van der Waals surface area contributed by atoms with Crippen LogP contribution in [0.1, 0.15) is 126 Å². The average Bonchev–Trinajstić information content (AvgIpc) is 0.934. The van der Waals surface area contributed by atoms with E-state index in [0.717, 1.165) is 72.8 Å². The molecule has 0 aliphatic heterocycles. The van der Waals surface area contributed by atoms with Crippen molar-refractivity contribution in [3.05, 3.63) is 178 Å². The van der Waals surface area contributed by atoms with Crippen LogP contribution in [0.3, 0.4) is 0 Å². The quantitative estimate of drug-likeness (QED) is 0.0380. The summed E-state index contributed by atoms with van der Waals surface area (Å²) in [6.45, 7) is 7.17. The number of aromatic carboxylic acids is 12. The van der Waals surface area contributed by atoms with Crippen molar-refractivity contribution in [2.24, 2.45) is 68.8 Å². The monoisotopic (exact) mass is 1910 g/mol. The van der Waals surface area contributed by atoms with Gasteiger partial charge < -0.3 is 237 Å². The summed E-state index contributed by atoms with van der Waals surface area (Å²) in [6, 6.07) is 21.2. The second kappa shape index (κ2) is 97.1. The molecule has 6 rings (SSSR count). The van der Waals surface area contributed by atoms with E-state index in [1.807, 2.05) is 0 Å². The van der Waals surface area contributed by atoms with Crippen LogP contribution in [0, 0.1) is 71.2 Å². The number of aromatic nitrogens is 6. The maximum Gasteiger partial charge on any atom is 3.00 e. The van der Waals surface area contributed by atoms with Crippen molar-refractivity contribution in [1.82, 2.24) is 29.9 Å². The molecule has 612 valence electrons. The zero-order chi connectivity index (χ0) is 75.3. The number of carbonyl (C=O) groups is 12. The van der Waals surface area contributed by atoms with E-state index < -0.39 is 140 Å². The molecule has 51 nitrogen and oxygen atoms in total. The third-order valence-electron chi connectivity index (χ3n) is 8.00. The number of hydrogen-bond acceptors (Lipinski definition) is 42. The summed E-state index contributed by atoms with van der Waals surface area (Å²) >= 11 is 0. The second-order valence-electron chi connectivity index (χ2n) is 15.4. The molecule has 0 saturated carbocycles. The molecule has 109 heavy (non-hydrogen) atoms. The smallest absolute Gasteiger partial charge is 0.543 e. The molecule has 0 spiro atoms. The average molecular weight is 1910 g/mol. The maximum atomic E-state index is 10.2. The van der Waals surface area contributed by atoms with Gasteiger partial charge in [-0.3, -0.25) is 0 Å². The summed E-state index contributed by atoms with van der Waals surface area (Å²) in [5.74, 6) is -18.2. The first-order valence-corrected chi connectivity index (χ1v) is 25.9. The molecule has 55 heteroatoms. The Labute approximate surface area is 694 Å². The minimum absolute atomic E-state index is 0. The SMILES string of the molecule is NCCN.NCCN.NCCN.NCCN.NCCN.NCCN.O.O.O.O.O.O.O.O.O.O=C([O-])c1cccc(C(=O)[O-])n1.O=C([O-])c1cccc(C(=O)[O-])n1.O=C([O-])c1cccc(C(=O)[O-])n1.O=C([O-])c1cccc(C(=O)[O-])n1.O=C([O-])c1cccc(C(=O)[O-])n1.O=C([O-])c1cccc(C(=O)[O-])n1.[Co+3].[Co+3].[La+3].[La+3]. The van der Waals surface area contributed by atoms with Crippen molar-refractivity contribution >= 4 is 71.6 Å². The fourth-order valence-electron chi connectivity index (χ4n) is 3.97. The van der Waals surface area contributed by atoms with Crippen LogP contribution in [0.2, 0.25) is 0 Å². The van der Waals surface area contributed by atoms with Crippen LogP contribution in [0.5, 0.6) is 0 Å². The standard InChI is InChI=1S/6C7H5NO4.6C2H8N2.2Co.2La.9H2O/c6*9-6(10)4-2-1-3-5(8-4)7(11)12;6*3-1-2-4;;;;;;;;;;;;;/h6*1-3H,(H,9,10)(H,11,12);6*1-4H2;;;;;9*1H2/q;;;;;;;;;;;;4*+3;;;;;;;;;/p-12. The molecular formula is C54H84Co2La2N18O33. The first-order chi connectivity index (χ1) is 45.1. The number of pyridine rings is 6. The van der Waals surface area contributed by atoms with Crippen molar-refractivity contribution in [2.45, 2.75) is 0 Å². The second-order valence-corrected chi connectivity index (χ2v) is 15.4. The predicted molar refractivity (Wildman–Crippen MR) is 339 cm³/mol. The van der Waals surface area contributed by atoms with Gasteiger partial charge >= 0.3 is 105 Å². The molecule has 0 aliphatic carbocycles. The molecule has 0 atom stereocenters. The van der Waals surface area contributed by atoms with E-state index in [4.69, 9.17) is 68.8 Å². The van der Waals surface area contributed by atoms with Crippen molar-refractivity contribution in [2.75, 3.05) is 78.5 Å². The number of carbonyl (C=O) groups excluding carboxylic acids is 12. The largest absolute Gasteiger partial charge is 3.00 e. The third-order valence-corrected chi connectivity index (χ3v) is 8.00. The van der Waals surface area contributed by atoms with E-state index in [-0.39, 0.29) is 154 Å². The van der Waals surface area contributed by atoms with E-state index in [0.29, 0.717) is 78.5 Å². The van der Waals surface area contributed by atoms with Gasteiger partial charge in [0.15, 0.2) is 0 Å². The Bertz CT molecular complexity index is 2620. The van der Waals surface area contributed by atoms with Gasteiger partial charge in [-0.05, 0) is 72.8 Å². The van der Waals surface area contributed by atoms with Gasteiger partial charge in [0.25, 0.3) is 0 Å². The summed E-state index contributed by atoms with van der Waals surface area (Å²) in [4.78, 5) is 142. The Morgan fingerprint density at radius 3 is 0.275 bits per heavy atom. The van der Waals surface area contributed by atoms with Crippen molar-refractivity contribution in [1.29, 1.82) is 0 Å². The van der Waals surface area contributed by atoms with Crippen LogP contribution in [0.25, 0.3) is 0 Å². The van der Waals surface area contributed by atoms with E-state index in [1.54, 1.807) is 0 Å². The molecule has 0 aliphatic rings. The molecule has 6 heterocycles. The summed E-state index contributed by atoms with van der Waals surface area (Å²) < 4.78 is 0. The van der Waals surface area contributed by atoms with Crippen LogP contribution in [-0.4, -0.2) is 229 Å². The van der Waals surface area contributed by atoms with Crippen LogP contribution in [0.4, 0.5) is 0 Å². The Balaban J connectivity index is -0.0000000484. The zero-order valence-corrected chi connectivity index (χ0v) is 65.9. The Morgan fingerprint density at radius 1 is 0.183 bits per heavy atom. The molecule has 0 radical (unpaired) electrons. The fourth-order valence-corrected chi connectivity index (χ4v) is 3.97. The van der Waals surface area contributed by atoms with Gasteiger partial charge in [-0.2, -0.15) is 0 Å². The van der Waals surface area contributed by atoms with E-state index in [2.05, 4.69) is 29.9 Å². The third kappa shape index (κ3) is 84.6. The Kier molecular flexibility index (Phi) is 133. The molecule has 0 aromatic carbocycles. The fraction of sp³-hybridized carbons (Fsp3) is 0.222. The number of nitrogens with two attached hydrogens (primary N) is 12. The minimum Gasteiger partial charge on any atom is -0.543 e. The number of hydrogen-bond donors (Lipinski definition) is 12. The molecule has 0 saturated heterocycles. The van der Waals surface area contributed by atoms with E-state index >= 15 is 0 Å². The number of carboxylic acids is 12. The molecule has 0 unspecified atom stereocenters. The minimum atomic E-state index is -1.52. The number of rotatable bonds is 18. The van der Waals surface area contributed by atoms with Gasteiger partial charge in [0.2, 0.25) is 0 Å².